The van der Waals surface area contributed by atoms with E-state index in [1.807, 2.05) is 31.2 Å². The Morgan fingerprint density at radius 1 is 1.18 bits per heavy atom. The van der Waals surface area contributed by atoms with Crippen LogP contribution in [0.15, 0.2) is 42.5 Å². The molecule has 86 valence electrons. The molecule has 17 heavy (non-hydrogen) atoms. The number of benzene rings is 2. The average molecular weight is 229 g/mol. The van der Waals surface area contributed by atoms with Crippen molar-refractivity contribution in [3.8, 4) is 16.9 Å². The first-order chi connectivity index (χ1) is 8.09. The third-order valence-corrected chi connectivity index (χ3v) is 2.63. The van der Waals surface area contributed by atoms with Gasteiger partial charge in [0.15, 0.2) is 5.75 Å². The maximum absolute atomic E-state index is 10.6. The molecule has 0 aliphatic rings. The van der Waals surface area contributed by atoms with Crippen molar-refractivity contribution in [3.63, 3.8) is 0 Å². The molecule has 4 nitrogen and oxygen atoms in total. The third-order valence-electron chi connectivity index (χ3n) is 2.63. The van der Waals surface area contributed by atoms with Crippen LogP contribution < -0.4 is 0 Å². The standard InChI is InChI=1S/C13H11NO3/c1-9-4-2-3-5-11(9)10-6-7-12(14(16)17)13(15)8-10/h2-8,15H,1H3. The number of nitro groups is 1. The second-order valence-electron chi connectivity index (χ2n) is 3.78. The molecular formula is C13H11NO3. The van der Waals surface area contributed by atoms with Gasteiger partial charge in [-0.3, -0.25) is 10.1 Å². The minimum Gasteiger partial charge on any atom is -0.502 e. The Labute approximate surface area is 98.3 Å². The van der Waals surface area contributed by atoms with Gasteiger partial charge in [-0.2, -0.15) is 0 Å². The Morgan fingerprint density at radius 3 is 2.47 bits per heavy atom. The van der Waals surface area contributed by atoms with Gasteiger partial charge in [-0.25, -0.2) is 0 Å². The van der Waals surface area contributed by atoms with Crippen LogP contribution in [-0.4, -0.2) is 10.0 Å². The smallest absolute Gasteiger partial charge is 0.310 e. The lowest BCUT2D eigenvalue weighted by molar-refractivity contribution is -0.385. The van der Waals surface area contributed by atoms with Crippen LogP contribution in [0.25, 0.3) is 11.1 Å². The molecule has 2 aromatic rings. The molecule has 2 rings (SSSR count). The largest absolute Gasteiger partial charge is 0.502 e. The molecule has 0 heterocycles. The van der Waals surface area contributed by atoms with Crippen molar-refractivity contribution >= 4 is 5.69 Å². The van der Waals surface area contributed by atoms with Crippen LogP contribution in [0.3, 0.4) is 0 Å². The number of rotatable bonds is 2. The van der Waals surface area contributed by atoms with E-state index < -0.39 is 4.92 Å². The van der Waals surface area contributed by atoms with Crippen LogP contribution in [0.4, 0.5) is 5.69 Å². The monoisotopic (exact) mass is 229 g/mol. The van der Waals surface area contributed by atoms with E-state index >= 15 is 0 Å². The van der Waals surface area contributed by atoms with Gasteiger partial charge in [-0.1, -0.05) is 24.3 Å². The first-order valence-electron chi connectivity index (χ1n) is 5.13. The predicted octanol–water partition coefficient (Wildman–Crippen LogP) is 3.28. The summed E-state index contributed by atoms with van der Waals surface area (Å²) < 4.78 is 0. The molecule has 0 saturated carbocycles. The first kappa shape index (κ1) is 11.1. The zero-order valence-corrected chi connectivity index (χ0v) is 9.25. The first-order valence-corrected chi connectivity index (χ1v) is 5.13. The summed E-state index contributed by atoms with van der Waals surface area (Å²) in [6.45, 7) is 1.95. The van der Waals surface area contributed by atoms with E-state index in [0.29, 0.717) is 0 Å². The van der Waals surface area contributed by atoms with E-state index in [1.54, 1.807) is 6.07 Å². The van der Waals surface area contributed by atoms with Crippen molar-refractivity contribution in [3.05, 3.63) is 58.1 Å². The summed E-state index contributed by atoms with van der Waals surface area (Å²) in [4.78, 5) is 9.98. The van der Waals surface area contributed by atoms with Crippen LogP contribution in [0.2, 0.25) is 0 Å². The van der Waals surface area contributed by atoms with Crippen molar-refractivity contribution in [2.24, 2.45) is 0 Å². The summed E-state index contributed by atoms with van der Waals surface area (Å²) >= 11 is 0. The van der Waals surface area contributed by atoms with Crippen LogP contribution in [0, 0.1) is 17.0 Å². The number of nitrogens with zero attached hydrogens (tertiary/aromatic N) is 1. The van der Waals surface area contributed by atoms with Gasteiger partial charge < -0.3 is 5.11 Å². The molecule has 0 atom stereocenters. The molecule has 0 fully saturated rings. The molecule has 0 saturated heterocycles. The topological polar surface area (TPSA) is 63.4 Å². The fourth-order valence-corrected chi connectivity index (χ4v) is 1.74. The van der Waals surface area contributed by atoms with Gasteiger partial charge in [0.25, 0.3) is 0 Å². The lowest BCUT2D eigenvalue weighted by atomic mass is 10.0. The summed E-state index contributed by atoms with van der Waals surface area (Å²) in [6.07, 6.45) is 0. The van der Waals surface area contributed by atoms with E-state index in [9.17, 15) is 15.2 Å². The minimum atomic E-state index is -0.600. The third kappa shape index (κ3) is 2.10. The van der Waals surface area contributed by atoms with Crippen molar-refractivity contribution in [1.82, 2.24) is 0 Å². The fourth-order valence-electron chi connectivity index (χ4n) is 1.74. The molecule has 0 aliphatic heterocycles. The van der Waals surface area contributed by atoms with Crippen LogP contribution in [-0.2, 0) is 0 Å². The lowest BCUT2D eigenvalue weighted by Gasteiger charge is -2.06. The predicted molar refractivity (Wildman–Crippen MR) is 64.9 cm³/mol. The Morgan fingerprint density at radius 2 is 1.88 bits per heavy atom. The number of phenolic OH excluding ortho intramolecular Hbond substituents is 1. The molecular weight excluding hydrogens is 218 g/mol. The van der Waals surface area contributed by atoms with Crippen molar-refractivity contribution in [2.45, 2.75) is 6.92 Å². The van der Waals surface area contributed by atoms with Crippen molar-refractivity contribution in [2.75, 3.05) is 0 Å². The molecule has 0 aliphatic carbocycles. The summed E-state index contributed by atoms with van der Waals surface area (Å²) in [7, 11) is 0. The Kier molecular flexibility index (Phi) is 2.78. The summed E-state index contributed by atoms with van der Waals surface area (Å²) in [6, 6.07) is 12.0. The molecule has 0 unspecified atom stereocenters. The Hall–Kier alpha value is -2.36. The van der Waals surface area contributed by atoms with Gasteiger partial charge in [-0.15, -0.1) is 0 Å². The Balaban J connectivity index is 2.52. The van der Waals surface area contributed by atoms with Gasteiger partial charge >= 0.3 is 5.69 Å². The minimum absolute atomic E-state index is 0.276. The summed E-state index contributed by atoms with van der Waals surface area (Å²) in [5, 5.41) is 20.2. The second kappa shape index (κ2) is 4.25. The highest BCUT2D eigenvalue weighted by Gasteiger charge is 2.13. The van der Waals surface area contributed by atoms with Gasteiger partial charge in [0, 0.05) is 6.07 Å². The molecule has 0 radical (unpaired) electrons. The van der Waals surface area contributed by atoms with Gasteiger partial charge in [0.05, 0.1) is 4.92 Å². The fraction of sp³-hybridized carbons (Fsp3) is 0.0769. The number of aromatic hydroxyl groups is 1. The highest BCUT2D eigenvalue weighted by molar-refractivity contribution is 5.70. The second-order valence-corrected chi connectivity index (χ2v) is 3.78. The highest BCUT2D eigenvalue weighted by Crippen LogP contribution is 2.32. The van der Waals surface area contributed by atoms with E-state index in [4.69, 9.17) is 0 Å². The molecule has 0 aromatic heterocycles. The van der Waals surface area contributed by atoms with Gasteiger partial charge in [0.1, 0.15) is 0 Å². The molecule has 1 N–H and O–H groups in total. The van der Waals surface area contributed by atoms with Crippen LogP contribution in [0.5, 0.6) is 5.75 Å². The number of aryl methyl sites for hydroxylation is 1. The quantitative estimate of drug-likeness (QED) is 0.634. The molecule has 2 aromatic carbocycles. The molecule has 4 heteroatoms. The normalized spacial score (nSPS) is 10.2. The number of hydrogen-bond donors (Lipinski definition) is 1. The highest BCUT2D eigenvalue weighted by atomic mass is 16.6. The average Bonchev–Trinajstić information content (AvgIpc) is 2.29. The van der Waals surface area contributed by atoms with E-state index in [-0.39, 0.29) is 11.4 Å². The van der Waals surface area contributed by atoms with Gasteiger partial charge in [-0.05, 0) is 35.7 Å². The molecule has 0 bridgehead atoms. The maximum atomic E-state index is 10.6. The van der Waals surface area contributed by atoms with Crippen LogP contribution in [0.1, 0.15) is 5.56 Å². The zero-order valence-electron chi connectivity index (χ0n) is 9.25. The summed E-state index contributed by atoms with van der Waals surface area (Å²) in [5.41, 5.74) is 2.51. The van der Waals surface area contributed by atoms with Gasteiger partial charge in [0.2, 0.25) is 0 Å². The Bertz CT molecular complexity index is 579. The SMILES string of the molecule is Cc1ccccc1-c1ccc([N+](=O)[O-])c(O)c1. The number of hydrogen-bond acceptors (Lipinski definition) is 3. The lowest BCUT2D eigenvalue weighted by Crippen LogP contribution is -1.89. The van der Waals surface area contributed by atoms with E-state index in [1.165, 1.54) is 12.1 Å². The van der Waals surface area contributed by atoms with Crippen molar-refractivity contribution in [1.29, 1.82) is 0 Å². The molecule has 0 amide bonds. The van der Waals surface area contributed by atoms with E-state index in [2.05, 4.69) is 0 Å². The molecule has 0 spiro atoms. The number of phenols is 1. The van der Waals surface area contributed by atoms with Crippen LogP contribution >= 0.6 is 0 Å². The number of nitro benzene ring substituents is 1. The summed E-state index contributed by atoms with van der Waals surface area (Å²) in [5.74, 6) is -0.309. The van der Waals surface area contributed by atoms with E-state index in [0.717, 1.165) is 16.7 Å². The zero-order chi connectivity index (χ0) is 12.4. The van der Waals surface area contributed by atoms with Crippen molar-refractivity contribution < 1.29 is 10.0 Å². The maximum Gasteiger partial charge on any atom is 0.310 e.